The van der Waals surface area contributed by atoms with E-state index >= 15 is 0 Å². The van der Waals surface area contributed by atoms with Gasteiger partial charge in [0.25, 0.3) is 0 Å². The van der Waals surface area contributed by atoms with Crippen molar-refractivity contribution in [1.82, 2.24) is 5.06 Å². The Balaban J connectivity index is 2.89. The molecule has 0 aromatic heterocycles. The fourth-order valence-corrected chi connectivity index (χ4v) is 3.71. The first-order valence-electron chi connectivity index (χ1n) is 5.03. The molecule has 1 N–H and O–H groups in total. The maximum Gasteiger partial charge on any atom is 0.199 e. The minimum Gasteiger partial charge on any atom is -0.312 e. The van der Waals surface area contributed by atoms with Gasteiger partial charge in [0.2, 0.25) is 0 Å². The molecule has 0 saturated heterocycles. The number of hydrogen-bond donors (Lipinski definition) is 1. The first-order valence-corrected chi connectivity index (χ1v) is 8.42. The Bertz CT molecular complexity index is 410. The Morgan fingerprint density at radius 2 is 1.88 bits per heavy atom. The molecule has 0 aromatic rings. The van der Waals surface area contributed by atoms with Crippen molar-refractivity contribution in [3.8, 4) is 0 Å². The van der Waals surface area contributed by atoms with Crippen LogP contribution in [0.4, 0.5) is 0 Å². The van der Waals surface area contributed by atoms with E-state index in [4.69, 9.17) is 0 Å². The maximum absolute atomic E-state index is 11.1. The van der Waals surface area contributed by atoms with Crippen LogP contribution in [0.25, 0.3) is 0 Å². The van der Waals surface area contributed by atoms with Crippen LogP contribution in [0.2, 0.25) is 0 Å². The molecule has 0 atom stereocenters. The molecule has 94 valence electrons. The Hall–Kier alpha value is -0.0400. The standard InChI is InChI=1S/C10H19NO3S2/c1-9(2)6-8(7-15-16(5,13)14)10(3,4)11(9)12/h6,12H,7H2,1-5H3. The molecule has 1 heterocycles. The van der Waals surface area contributed by atoms with Gasteiger partial charge in [-0.15, -0.1) is 0 Å². The van der Waals surface area contributed by atoms with Crippen molar-refractivity contribution in [3.63, 3.8) is 0 Å². The Morgan fingerprint density at radius 1 is 1.38 bits per heavy atom. The van der Waals surface area contributed by atoms with Gasteiger partial charge in [0.1, 0.15) is 0 Å². The van der Waals surface area contributed by atoms with Gasteiger partial charge in [-0.25, -0.2) is 8.42 Å². The van der Waals surface area contributed by atoms with E-state index in [1.165, 1.54) is 11.3 Å². The highest BCUT2D eigenvalue weighted by atomic mass is 33.1. The van der Waals surface area contributed by atoms with Gasteiger partial charge in [0, 0.05) is 12.0 Å². The molecule has 1 aliphatic heterocycles. The summed E-state index contributed by atoms with van der Waals surface area (Å²) in [4.78, 5) is 0. The predicted octanol–water partition coefficient (Wildman–Crippen LogP) is 1.87. The summed E-state index contributed by atoms with van der Waals surface area (Å²) < 4.78 is 22.2. The molecule has 4 nitrogen and oxygen atoms in total. The smallest absolute Gasteiger partial charge is 0.199 e. The van der Waals surface area contributed by atoms with Crippen LogP contribution >= 0.6 is 10.8 Å². The fourth-order valence-electron chi connectivity index (χ4n) is 1.91. The monoisotopic (exact) mass is 265 g/mol. The molecule has 0 aliphatic carbocycles. The highest BCUT2D eigenvalue weighted by Crippen LogP contribution is 2.39. The molecule has 1 aliphatic rings. The largest absolute Gasteiger partial charge is 0.312 e. The van der Waals surface area contributed by atoms with Crippen molar-refractivity contribution in [2.24, 2.45) is 0 Å². The lowest BCUT2D eigenvalue weighted by Crippen LogP contribution is -2.48. The predicted molar refractivity (Wildman–Crippen MR) is 67.2 cm³/mol. The van der Waals surface area contributed by atoms with Crippen molar-refractivity contribution in [2.45, 2.75) is 38.8 Å². The van der Waals surface area contributed by atoms with Gasteiger partial charge in [-0.2, -0.15) is 5.06 Å². The molecule has 0 bridgehead atoms. The van der Waals surface area contributed by atoms with E-state index < -0.39 is 19.9 Å². The molecular weight excluding hydrogens is 246 g/mol. The van der Waals surface area contributed by atoms with Crippen LogP contribution in [0.1, 0.15) is 27.7 Å². The quantitative estimate of drug-likeness (QED) is 0.623. The average molecular weight is 265 g/mol. The Kier molecular flexibility index (Phi) is 3.52. The second-order valence-electron chi connectivity index (χ2n) is 5.16. The molecule has 0 unspecified atom stereocenters. The highest BCUT2D eigenvalue weighted by molar-refractivity contribution is 8.71. The minimum atomic E-state index is -3.04. The zero-order chi connectivity index (χ0) is 12.8. The molecule has 6 heteroatoms. The Morgan fingerprint density at radius 3 is 2.19 bits per heavy atom. The summed E-state index contributed by atoms with van der Waals surface area (Å²) in [7, 11) is -2.14. The van der Waals surface area contributed by atoms with Crippen molar-refractivity contribution < 1.29 is 13.6 Å². The van der Waals surface area contributed by atoms with Gasteiger partial charge in [-0.05, 0) is 44.1 Å². The van der Waals surface area contributed by atoms with Gasteiger partial charge in [0.15, 0.2) is 8.87 Å². The maximum atomic E-state index is 11.1. The van der Waals surface area contributed by atoms with E-state index in [1.807, 2.05) is 33.8 Å². The summed E-state index contributed by atoms with van der Waals surface area (Å²) in [6.07, 6.45) is 3.13. The van der Waals surface area contributed by atoms with Crippen molar-refractivity contribution in [3.05, 3.63) is 11.6 Å². The molecule has 16 heavy (non-hydrogen) atoms. The van der Waals surface area contributed by atoms with E-state index in [1.54, 1.807) is 0 Å². The van der Waals surface area contributed by atoms with E-state index in [2.05, 4.69) is 0 Å². The summed E-state index contributed by atoms with van der Waals surface area (Å²) in [5.41, 5.74) is -0.0200. The number of hydroxylamine groups is 2. The van der Waals surface area contributed by atoms with Crippen LogP contribution in [0, 0.1) is 0 Å². The van der Waals surface area contributed by atoms with Crippen molar-refractivity contribution in [1.29, 1.82) is 0 Å². The molecule has 1 rings (SSSR count). The SMILES string of the molecule is CC1(C)C=C(CSS(C)(=O)=O)C(C)(C)N1O. The van der Waals surface area contributed by atoms with Crippen molar-refractivity contribution >= 4 is 19.7 Å². The summed E-state index contributed by atoms with van der Waals surface area (Å²) in [5, 5.41) is 11.3. The lowest BCUT2D eigenvalue weighted by Gasteiger charge is -2.36. The molecule has 0 amide bonds. The molecule has 0 aromatic carbocycles. The lowest BCUT2D eigenvalue weighted by atomic mass is 9.98. The lowest BCUT2D eigenvalue weighted by molar-refractivity contribution is -0.185. The first kappa shape index (κ1) is 14.0. The van der Waals surface area contributed by atoms with Crippen molar-refractivity contribution in [2.75, 3.05) is 12.0 Å². The third-order valence-electron chi connectivity index (χ3n) is 2.82. The molecule has 0 radical (unpaired) electrons. The third kappa shape index (κ3) is 2.80. The second-order valence-corrected chi connectivity index (χ2v) is 9.62. The molecule has 0 fully saturated rings. The number of rotatable bonds is 3. The molecular formula is C10H19NO3S2. The zero-order valence-electron chi connectivity index (χ0n) is 10.3. The van der Waals surface area contributed by atoms with E-state index in [0.717, 1.165) is 16.4 Å². The van der Waals surface area contributed by atoms with Gasteiger partial charge in [0.05, 0.1) is 11.1 Å². The van der Waals surface area contributed by atoms with Gasteiger partial charge in [-0.1, -0.05) is 6.08 Å². The van der Waals surface area contributed by atoms with Crippen LogP contribution in [0.5, 0.6) is 0 Å². The van der Waals surface area contributed by atoms with E-state index in [-0.39, 0.29) is 0 Å². The summed E-state index contributed by atoms with van der Waals surface area (Å²) in [6.45, 7) is 7.56. The van der Waals surface area contributed by atoms with E-state index in [0.29, 0.717) is 5.75 Å². The normalized spacial score (nSPS) is 24.5. The fraction of sp³-hybridized carbons (Fsp3) is 0.800. The summed E-state index contributed by atoms with van der Waals surface area (Å²) in [5.74, 6) is 0.395. The second kappa shape index (κ2) is 4.01. The highest BCUT2D eigenvalue weighted by Gasteiger charge is 2.44. The van der Waals surface area contributed by atoms with Crippen LogP contribution in [0.3, 0.4) is 0 Å². The first-order chi connectivity index (χ1) is 6.97. The van der Waals surface area contributed by atoms with Crippen LogP contribution in [0.15, 0.2) is 11.6 Å². The number of hydrogen-bond acceptors (Lipinski definition) is 5. The van der Waals surface area contributed by atoms with Crippen LogP contribution in [-0.4, -0.2) is 41.8 Å². The molecule has 0 spiro atoms. The topological polar surface area (TPSA) is 57.6 Å². The number of nitrogens with zero attached hydrogens (tertiary/aromatic N) is 1. The average Bonchev–Trinajstić information content (AvgIpc) is 2.22. The van der Waals surface area contributed by atoms with Gasteiger partial charge in [-0.3, -0.25) is 0 Å². The zero-order valence-corrected chi connectivity index (χ0v) is 11.9. The third-order valence-corrected chi connectivity index (χ3v) is 5.31. The van der Waals surface area contributed by atoms with Gasteiger partial charge >= 0.3 is 0 Å². The summed E-state index contributed by atoms with van der Waals surface area (Å²) in [6, 6.07) is 0. The molecule has 0 saturated carbocycles. The Labute approximate surface area is 101 Å². The summed E-state index contributed by atoms with van der Waals surface area (Å²) >= 11 is 0. The van der Waals surface area contributed by atoms with Crippen LogP contribution < -0.4 is 0 Å². The van der Waals surface area contributed by atoms with Crippen LogP contribution in [-0.2, 0) is 8.87 Å². The van der Waals surface area contributed by atoms with Gasteiger partial charge < -0.3 is 5.21 Å². The van der Waals surface area contributed by atoms with E-state index in [9.17, 15) is 13.6 Å². The minimum absolute atomic E-state index is 0.395.